The first-order valence-electron chi connectivity index (χ1n) is 10.8. The van der Waals surface area contributed by atoms with Crippen LogP contribution in [-0.2, 0) is 16.1 Å². The average Bonchev–Trinajstić information content (AvgIpc) is 2.75. The van der Waals surface area contributed by atoms with E-state index in [1.807, 2.05) is 23.1 Å². The van der Waals surface area contributed by atoms with E-state index in [9.17, 15) is 9.59 Å². The number of nitrogens with zero attached hydrogens (tertiary/aromatic N) is 2. The van der Waals surface area contributed by atoms with Gasteiger partial charge in [-0.1, -0.05) is 31.4 Å². The Hall–Kier alpha value is -1.99. The number of hydrogen-bond acceptors (Lipinski definition) is 4. The molecule has 4 rings (SSSR count). The van der Waals surface area contributed by atoms with E-state index < -0.39 is 0 Å². The number of ether oxygens (including phenoxy) is 1. The molecule has 156 valence electrons. The number of carbonyl (C=O) groups is 1. The number of H-pyrrole nitrogens is 1. The standard InChI is InChI=1S/C22H29N3O3S/c26-20(24-13-10-17(11-14-24)28-16-6-2-1-3-7-16)12-15-25-21(27)18-8-4-5-9-19(18)23-22(25)29/h4-5,8-9,16-17H,1-3,6-7,10-15H2,(H,23,29). The smallest absolute Gasteiger partial charge is 0.262 e. The number of aromatic amines is 1. The summed E-state index contributed by atoms with van der Waals surface area (Å²) in [7, 11) is 0. The molecule has 2 aliphatic rings. The van der Waals surface area contributed by atoms with Gasteiger partial charge in [0.1, 0.15) is 0 Å². The monoisotopic (exact) mass is 415 g/mol. The van der Waals surface area contributed by atoms with Crippen molar-refractivity contribution in [2.75, 3.05) is 13.1 Å². The zero-order valence-corrected chi connectivity index (χ0v) is 17.6. The van der Waals surface area contributed by atoms with Crippen LogP contribution in [-0.4, -0.2) is 45.7 Å². The fraction of sp³-hybridized carbons (Fsp3) is 0.591. The molecular formula is C22H29N3O3S. The second kappa shape index (κ2) is 9.22. The van der Waals surface area contributed by atoms with Crippen molar-refractivity contribution < 1.29 is 9.53 Å². The molecule has 1 saturated carbocycles. The highest BCUT2D eigenvalue weighted by Crippen LogP contribution is 2.24. The molecular weight excluding hydrogens is 386 g/mol. The summed E-state index contributed by atoms with van der Waals surface area (Å²) in [5.41, 5.74) is 0.585. The lowest BCUT2D eigenvalue weighted by Gasteiger charge is -2.35. The second-order valence-corrected chi connectivity index (χ2v) is 8.55. The fourth-order valence-corrected chi connectivity index (χ4v) is 4.77. The van der Waals surface area contributed by atoms with Crippen molar-refractivity contribution in [2.24, 2.45) is 0 Å². The largest absolute Gasteiger partial charge is 0.375 e. The Morgan fingerprint density at radius 3 is 2.52 bits per heavy atom. The fourth-order valence-electron chi connectivity index (χ4n) is 4.48. The summed E-state index contributed by atoms with van der Waals surface area (Å²) < 4.78 is 8.12. The molecule has 1 saturated heterocycles. The second-order valence-electron chi connectivity index (χ2n) is 8.16. The van der Waals surface area contributed by atoms with Crippen LogP contribution in [0.3, 0.4) is 0 Å². The van der Waals surface area contributed by atoms with Gasteiger partial charge in [0.05, 0.1) is 23.1 Å². The van der Waals surface area contributed by atoms with Crippen molar-refractivity contribution in [2.45, 2.75) is 70.1 Å². The van der Waals surface area contributed by atoms with Gasteiger partial charge in [0.25, 0.3) is 5.56 Å². The number of piperidine rings is 1. The van der Waals surface area contributed by atoms with E-state index in [1.54, 1.807) is 6.07 Å². The van der Waals surface area contributed by atoms with Crippen molar-refractivity contribution in [3.63, 3.8) is 0 Å². The van der Waals surface area contributed by atoms with Crippen LogP contribution in [0, 0.1) is 4.77 Å². The topological polar surface area (TPSA) is 67.3 Å². The molecule has 1 aromatic heterocycles. The molecule has 6 nitrogen and oxygen atoms in total. The molecule has 0 radical (unpaired) electrons. The van der Waals surface area contributed by atoms with Crippen LogP contribution in [0.1, 0.15) is 51.4 Å². The molecule has 1 N–H and O–H groups in total. The summed E-state index contributed by atoms with van der Waals surface area (Å²) in [5, 5.41) is 0.592. The minimum atomic E-state index is -0.142. The van der Waals surface area contributed by atoms with Gasteiger partial charge in [-0.15, -0.1) is 0 Å². The minimum absolute atomic E-state index is 0.0792. The van der Waals surface area contributed by atoms with Crippen LogP contribution in [0.5, 0.6) is 0 Å². The van der Waals surface area contributed by atoms with Gasteiger partial charge < -0.3 is 14.6 Å². The number of rotatable bonds is 5. The van der Waals surface area contributed by atoms with Gasteiger partial charge >= 0.3 is 0 Å². The van der Waals surface area contributed by atoms with Gasteiger partial charge in [-0.3, -0.25) is 14.2 Å². The van der Waals surface area contributed by atoms with Gasteiger partial charge in [-0.25, -0.2) is 0 Å². The van der Waals surface area contributed by atoms with E-state index in [0.717, 1.165) is 31.4 Å². The lowest BCUT2D eigenvalue weighted by Crippen LogP contribution is -2.42. The third-order valence-electron chi connectivity index (χ3n) is 6.17. The van der Waals surface area contributed by atoms with Crippen LogP contribution >= 0.6 is 12.2 Å². The zero-order chi connectivity index (χ0) is 20.2. The Morgan fingerprint density at radius 1 is 1.07 bits per heavy atom. The molecule has 2 heterocycles. The Labute approximate surface area is 175 Å². The van der Waals surface area contributed by atoms with Gasteiger partial charge in [0.2, 0.25) is 5.91 Å². The van der Waals surface area contributed by atoms with Crippen LogP contribution in [0.4, 0.5) is 0 Å². The third kappa shape index (κ3) is 4.78. The van der Waals surface area contributed by atoms with Crippen molar-refractivity contribution in [1.29, 1.82) is 0 Å². The highest BCUT2D eigenvalue weighted by atomic mass is 32.1. The molecule has 1 aliphatic heterocycles. The predicted molar refractivity (Wildman–Crippen MR) is 116 cm³/mol. The Kier molecular flexibility index (Phi) is 6.45. The minimum Gasteiger partial charge on any atom is -0.375 e. The summed E-state index contributed by atoms with van der Waals surface area (Å²) in [6.45, 7) is 1.77. The van der Waals surface area contributed by atoms with E-state index in [2.05, 4.69) is 4.98 Å². The van der Waals surface area contributed by atoms with Gasteiger partial charge in [0, 0.05) is 26.1 Å². The zero-order valence-electron chi connectivity index (χ0n) is 16.8. The number of likely N-dealkylation sites (tertiary alicyclic amines) is 1. The quantitative estimate of drug-likeness (QED) is 0.755. The number of para-hydroxylation sites is 1. The summed E-state index contributed by atoms with van der Waals surface area (Å²) in [5.74, 6) is 0.0792. The average molecular weight is 416 g/mol. The van der Waals surface area contributed by atoms with Crippen molar-refractivity contribution >= 4 is 29.0 Å². The van der Waals surface area contributed by atoms with Gasteiger partial charge in [-0.2, -0.15) is 0 Å². The van der Waals surface area contributed by atoms with E-state index in [4.69, 9.17) is 17.0 Å². The summed E-state index contributed by atoms with van der Waals surface area (Å²) in [6.07, 6.45) is 9.02. The number of carbonyl (C=O) groups excluding carboxylic acids is 1. The van der Waals surface area contributed by atoms with Crippen LogP contribution in [0.2, 0.25) is 0 Å². The summed E-state index contributed by atoms with van der Waals surface area (Å²) >= 11 is 5.33. The van der Waals surface area contributed by atoms with Crippen LogP contribution in [0.15, 0.2) is 29.1 Å². The molecule has 7 heteroatoms. The lowest BCUT2D eigenvalue weighted by molar-refractivity contribution is -0.135. The van der Waals surface area contributed by atoms with E-state index in [-0.39, 0.29) is 24.0 Å². The van der Waals surface area contributed by atoms with E-state index in [0.29, 0.717) is 22.8 Å². The highest BCUT2D eigenvalue weighted by Gasteiger charge is 2.26. The summed E-state index contributed by atoms with van der Waals surface area (Å²) in [6, 6.07) is 7.30. The Balaban J connectivity index is 1.31. The molecule has 0 unspecified atom stereocenters. The first-order chi connectivity index (χ1) is 14.1. The van der Waals surface area contributed by atoms with Crippen molar-refractivity contribution in [3.8, 4) is 0 Å². The lowest BCUT2D eigenvalue weighted by atomic mass is 9.97. The van der Waals surface area contributed by atoms with Crippen LogP contribution in [0.25, 0.3) is 10.9 Å². The van der Waals surface area contributed by atoms with E-state index >= 15 is 0 Å². The predicted octanol–water partition coefficient (Wildman–Crippen LogP) is 3.79. The molecule has 1 aromatic carbocycles. The van der Waals surface area contributed by atoms with Crippen molar-refractivity contribution in [1.82, 2.24) is 14.5 Å². The molecule has 1 amide bonds. The van der Waals surface area contributed by atoms with E-state index in [1.165, 1.54) is 36.7 Å². The SMILES string of the molecule is O=C(CCn1c(=S)[nH]c2ccccc2c1=O)N1CCC(OC2CCCCC2)CC1. The number of nitrogens with one attached hydrogen (secondary N) is 1. The van der Waals surface area contributed by atoms with Gasteiger partial charge in [0.15, 0.2) is 4.77 Å². The number of aromatic nitrogens is 2. The molecule has 2 aromatic rings. The highest BCUT2D eigenvalue weighted by molar-refractivity contribution is 7.71. The maximum atomic E-state index is 12.7. The van der Waals surface area contributed by atoms with Gasteiger partial charge in [-0.05, 0) is 50.0 Å². The molecule has 29 heavy (non-hydrogen) atoms. The Morgan fingerprint density at radius 2 is 1.76 bits per heavy atom. The molecule has 0 spiro atoms. The maximum Gasteiger partial charge on any atom is 0.262 e. The van der Waals surface area contributed by atoms with Crippen molar-refractivity contribution in [3.05, 3.63) is 39.4 Å². The summed E-state index contributed by atoms with van der Waals surface area (Å²) in [4.78, 5) is 30.4. The number of fused-ring (bicyclic) bond motifs is 1. The molecule has 0 bridgehead atoms. The first-order valence-corrected chi connectivity index (χ1v) is 11.2. The first kappa shape index (κ1) is 20.3. The molecule has 0 atom stereocenters. The molecule has 1 aliphatic carbocycles. The number of benzene rings is 1. The third-order valence-corrected chi connectivity index (χ3v) is 6.49. The normalized spacial score (nSPS) is 19.0. The molecule has 2 fully saturated rings. The number of amides is 1. The Bertz CT molecular complexity index is 969. The number of hydrogen-bond donors (Lipinski definition) is 1. The maximum absolute atomic E-state index is 12.7. The van der Waals surface area contributed by atoms with Crippen LogP contribution < -0.4 is 5.56 Å².